The summed E-state index contributed by atoms with van der Waals surface area (Å²) in [4.78, 5) is 30.8. The molecule has 1 unspecified atom stereocenters. The average molecular weight is 389 g/mol. The molecule has 9 heteroatoms. The van der Waals surface area contributed by atoms with Crippen molar-refractivity contribution in [2.24, 2.45) is 5.92 Å². The lowest BCUT2D eigenvalue weighted by molar-refractivity contribution is -0.126. The lowest BCUT2D eigenvalue weighted by atomic mass is 10.1. The Balaban J connectivity index is 1.65. The molecule has 0 saturated carbocycles. The van der Waals surface area contributed by atoms with E-state index in [1.54, 1.807) is 12.0 Å². The van der Waals surface area contributed by atoms with E-state index in [1.165, 1.54) is 11.3 Å². The molecule has 3 heterocycles. The van der Waals surface area contributed by atoms with E-state index in [2.05, 4.69) is 20.5 Å². The highest BCUT2D eigenvalue weighted by Crippen LogP contribution is 2.28. The fourth-order valence-corrected chi connectivity index (χ4v) is 3.90. The zero-order valence-corrected chi connectivity index (χ0v) is 16.7. The molecule has 0 aromatic carbocycles. The fourth-order valence-electron chi connectivity index (χ4n) is 3.10. The second-order valence-electron chi connectivity index (χ2n) is 6.52. The van der Waals surface area contributed by atoms with Crippen LogP contribution >= 0.6 is 11.3 Å². The first kappa shape index (κ1) is 19.2. The molecule has 2 amide bonds. The van der Waals surface area contributed by atoms with Crippen molar-refractivity contribution >= 4 is 28.3 Å². The maximum atomic E-state index is 12.6. The molecule has 1 N–H and O–H groups in total. The number of carbonyl (C=O) groups excluding carboxylic acids is 2. The summed E-state index contributed by atoms with van der Waals surface area (Å²) >= 11 is 1.39. The van der Waals surface area contributed by atoms with Crippen LogP contribution in [0.4, 0.5) is 5.13 Å². The van der Waals surface area contributed by atoms with Crippen molar-refractivity contribution in [3.8, 4) is 5.88 Å². The van der Waals surface area contributed by atoms with Crippen molar-refractivity contribution in [3.05, 3.63) is 27.9 Å². The maximum Gasteiger partial charge on any atom is 0.229 e. The summed E-state index contributed by atoms with van der Waals surface area (Å²) in [6.45, 7) is 6.48. The van der Waals surface area contributed by atoms with Gasteiger partial charge in [-0.1, -0.05) is 18.3 Å². The van der Waals surface area contributed by atoms with E-state index in [9.17, 15) is 9.59 Å². The first-order valence-corrected chi connectivity index (χ1v) is 9.66. The predicted octanol–water partition coefficient (Wildman–Crippen LogP) is 1.79. The van der Waals surface area contributed by atoms with Crippen molar-refractivity contribution in [2.75, 3.05) is 18.6 Å². The Morgan fingerprint density at radius 2 is 2.19 bits per heavy atom. The van der Waals surface area contributed by atoms with E-state index in [0.29, 0.717) is 24.1 Å². The smallest absolute Gasteiger partial charge is 0.229 e. The molecule has 2 aromatic rings. The number of ether oxygens (including phenoxy) is 1. The number of hydrogen-bond acceptors (Lipinski definition) is 7. The van der Waals surface area contributed by atoms with E-state index >= 15 is 0 Å². The number of nitrogens with one attached hydrogen (secondary N) is 1. The molecule has 27 heavy (non-hydrogen) atoms. The number of aryl methyl sites for hydroxylation is 3. The number of amides is 2. The number of pyridine rings is 1. The summed E-state index contributed by atoms with van der Waals surface area (Å²) in [6.07, 6.45) is 0.949. The SMILES string of the molecule is CCc1nnc(N2CC(C(=O)NCc3c(C)cc(C)nc3OC)CC2=O)s1. The minimum Gasteiger partial charge on any atom is -0.481 e. The quantitative estimate of drug-likeness (QED) is 0.809. The van der Waals surface area contributed by atoms with Gasteiger partial charge in [-0.25, -0.2) is 4.98 Å². The molecule has 8 nitrogen and oxygen atoms in total. The molecule has 2 aromatic heterocycles. The molecule has 1 fully saturated rings. The second-order valence-corrected chi connectivity index (χ2v) is 7.56. The van der Waals surface area contributed by atoms with Gasteiger partial charge in [-0.3, -0.25) is 14.5 Å². The van der Waals surface area contributed by atoms with Gasteiger partial charge in [0.15, 0.2) is 0 Å². The van der Waals surface area contributed by atoms with Gasteiger partial charge in [-0.05, 0) is 31.9 Å². The largest absolute Gasteiger partial charge is 0.481 e. The number of anilines is 1. The van der Waals surface area contributed by atoms with Crippen LogP contribution in [0.5, 0.6) is 5.88 Å². The predicted molar refractivity (Wildman–Crippen MR) is 102 cm³/mol. The lowest BCUT2D eigenvalue weighted by Crippen LogP contribution is -2.33. The van der Waals surface area contributed by atoms with Crippen molar-refractivity contribution in [1.82, 2.24) is 20.5 Å². The van der Waals surface area contributed by atoms with Crippen molar-refractivity contribution in [3.63, 3.8) is 0 Å². The summed E-state index contributed by atoms with van der Waals surface area (Å²) < 4.78 is 5.33. The Bertz CT molecular complexity index is 867. The van der Waals surface area contributed by atoms with Crippen LogP contribution in [0.2, 0.25) is 0 Å². The molecule has 1 aliphatic rings. The van der Waals surface area contributed by atoms with Gasteiger partial charge in [0.2, 0.25) is 22.8 Å². The van der Waals surface area contributed by atoms with E-state index in [1.807, 2.05) is 26.8 Å². The fraction of sp³-hybridized carbons (Fsp3) is 0.500. The van der Waals surface area contributed by atoms with Gasteiger partial charge in [0.05, 0.1) is 13.0 Å². The van der Waals surface area contributed by atoms with Gasteiger partial charge in [0.25, 0.3) is 0 Å². The van der Waals surface area contributed by atoms with Gasteiger partial charge < -0.3 is 10.1 Å². The minimum absolute atomic E-state index is 0.0975. The molecule has 144 valence electrons. The van der Waals surface area contributed by atoms with Crippen LogP contribution in [0.3, 0.4) is 0 Å². The summed E-state index contributed by atoms with van der Waals surface area (Å²) in [6, 6.07) is 1.95. The Morgan fingerprint density at radius 1 is 1.41 bits per heavy atom. The Kier molecular flexibility index (Phi) is 5.69. The number of rotatable bonds is 6. The third-order valence-corrected chi connectivity index (χ3v) is 5.65. The van der Waals surface area contributed by atoms with Crippen molar-refractivity contribution in [1.29, 1.82) is 0 Å². The number of aromatic nitrogens is 3. The molecule has 1 atom stereocenters. The monoisotopic (exact) mass is 389 g/mol. The molecule has 3 rings (SSSR count). The van der Waals surface area contributed by atoms with Crippen molar-refractivity contribution < 1.29 is 14.3 Å². The van der Waals surface area contributed by atoms with E-state index in [0.717, 1.165) is 28.2 Å². The number of hydrogen-bond donors (Lipinski definition) is 1. The van der Waals surface area contributed by atoms with Gasteiger partial charge >= 0.3 is 0 Å². The molecule has 1 saturated heterocycles. The summed E-state index contributed by atoms with van der Waals surface area (Å²) in [5, 5.41) is 12.5. The summed E-state index contributed by atoms with van der Waals surface area (Å²) in [5.74, 6) is -0.151. The van der Waals surface area contributed by atoms with E-state index < -0.39 is 5.92 Å². The third kappa shape index (κ3) is 4.08. The van der Waals surface area contributed by atoms with Gasteiger partial charge in [0, 0.05) is 30.8 Å². The van der Waals surface area contributed by atoms with E-state index in [4.69, 9.17) is 4.74 Å². The highest BCUT2D eigenvalue weighted by molar-refractivity contribution is 7.15. The average Bonchev–Trinajstić information content (AvgIpc) is 3.26. The zero-order chi connectivity index (χ0) is 19.6. The Morgan fingerprint density at radius 3 is 2.85 bits per heavy atom. The highest BCUT2D eigenvalue weighted by atomic mass is 32.1. The molecule has 0 aliphatic carbocycles. The second kappa shape index (κ2) is 7.99. The van der Waals surface area contributed by atoms with Gasteiger partial charge in [-0.15, -0.1) is 10.2 Å². The highest BCUT2D eigenvalue weighted by Gasteiger charge is 2.36. The standard InChI is InChI=1S/C18H23N5O3S/c1-5-14-21-22-18(27-14)23-9-12(7-15(23)24)16(25)19-8-13-10(2)6-11(3)20-17(13)26-4/h6,12H,5,7-9H2,1-4H3,(H,19,25). The lowest BCUT2D eigenvalue weighted by Gasteiger charge is -2.15. The zero-order valence-electron chi connectivity index (χ0n) is 15.9. The Labute approximate surface area is 162 Å². The molecular weight excluding hydrogens is 366 g/mol. The van der Waals surface area contributed by atoms with Crippen molar-refractivity contribution in [2.45, 2.75) is 40.2 Å². The summed E-state index contributed by atoms with van der Waals surface area (Å²) in [5.41, 5.74) is 2.71. The molecule has 0 radical (unpaired) electrons. The number of carbonyl (C=O) groups is 2. The molecule has 0 bridgehead atoms. The van der Waals surface area contributed by atoms with Crippen LogP contribution in [0.25, 0.3) is 0 Å². The van der Waals surface area contributed by atoms with Gasteiger partial charge in [-0.2, -0.15) is 0 Å². The van der Waals surface area contributed by atoms with Crippen LogP contribution in [0, 0.1) is 19.8 Å². The van der Waals surface area contributed by atoms with E-state index in [-0.39, 0.29) is 18.2 Å². The number of nitrogens with zero attached hydrogens (tertiary/aromatic N) is 4. The number of methoxy groups -OCH3 is 1. The summed E-state index contributed by atoms with van der Waals surface area (Å²) in [7, 11) is 1.56. The van der Waals surface area contributed by atoms with Crippen LogP contribution < -0.4 is 15.0 Å². The third-order valence-electron chi connectivity index (χ3n) is 4.56. The molecule has 0 spiro atoms. The molecule has 1 aliphatic heterocycles. The normalized spacial score (nSPS) is 16.7. The first-order valence-electron chi connectivity index (χ1n) is 8.84. The topological polar surface area (TPSA) is 97.3 Å². The minimum atomic E-state index is -0.406. The van der Waals surface area contributed by atoms with Crippen LogP contribution in [-0.2, 0) is 22.6 Å². The van der Waals surface area contributed by atoms with Crippen LogP contribution in [0.15, 0.2) is 6.07 Å². The first-order chi connectivity index (χ1) is 12.9. The Hall–Kier alpha value is -2.55. The van der Waals surface area contributed by atoms with Crippen LogP contribution in [0.1, 0.15) is 35.2 Å². The molecular formula is C18H23N5O3S. The maximum absolute atomic E-state index is 12.6. The van der Waals surface area contributed by atoms with Crippen LogP contribution in [-0.4, -0.2) is 40.7 Å². The van der Waals surface area contributed by atoms with Gasteiger partial charge in [0.1, 0.15) is 5.01 Å².